The van der Waals surface area contributed by atoms with Crippen LogP contribution in [-0.4, -0.2) is 42.9 Å². The summed E-state index contributed by atoms with van der Waals surface area (Å²) >= 11 is 0. The molecule has 0 aliphatic carbocycles. The van der Waals surface area contributed by atoms with Crippen LogP contribution in [0.25, 0.3) is 0 Å². The van der Waals surface area contributed by atoms with Crippen LogP contribution in [0.5, 0.6) is 0 Å². The molecule has 0 rings (SSSR count). The summed E-state index contributed by atoms with van der Waals surface area (Å²) in [5.41, 5.74) is 0. The maximum atomic E-state index is 11.7. The summed E-state index contributed by atoms with van der Waals surface area (Å²) in [4.78, 5) is 11.1. The van der Waals surface area contributed by atoms with Crippen molar-refractivity contribution in [2.24, 2.45) is 5.92 Å². The van der Waals surface area contributed by atoms with Crippen LogP contribution in [0.1, 0.15) is 13.8 Å². The second-order valence-electron chi connectivity index (χ2n) is 3.73. The van der Waals surface area contributed by atoms with Gasteiger partial charge in [0.05, 0.1) is 13.1 Å². The van der Waals surface area contributed by atoms with Gasteiger partial charge in [-0.25, -0.2) is 0 Å². The van der Waals surface area contributed by atoms with Gasteiger partial charge >= 0.3 is 6.18 Å². The van der Waals surface area contributed by atoms with Crippen molar-refractivity contribution in [1.82, 2.24) is 10.6 Å². The third-order valence-electron chi connectivity index (χ3n) is 2.14. The van der Waals surface area contributed by atoms with Gasteiger partial charge < -0.3 is 15.7 Å². The third-order valence-corrected chi connectivity index (χ3v) is 2.14. The van der Waals surface area contributed by atoms with Crippen molar-refractivity contribution in [2.75, 3.05) is 19.7 Å². The van der Waals surface area contributed by atoms with Gasteiger partial charge in [-0.15, -0.1) is 0 Å². The van der Waals surface area contributed by atoms with Crippen LogP contribution in [0.3, 0.4) is 0 Å². The monoisotopic (exact) mass is 242 g/mol. The van der Waals surface area contributed by atoms with Gasteiger partial charge in [0.2, 0.25) is 5.91 Å². The minimum Gasteiger partial charge on any atom is -0.396 e. The molecule has 0 saturated heterocycles. The number of nitrogens with one attached hydrogen (secondary N) is 2. The van der Waals surface area contributed by atoms with Gasteiger partial charge in [0.15, 0.2) is 0 Å². The topological polar surface area (TPSA) is 61.4 Å². The first-order chi connectivity index (χ1) is 7.26. The second-order valence-corrected chi connectivity index (χ2v) is 3.73. The number of rotatable bonds is 6. The summed E-state index contributed by atoms with van der Waals surface area (Å²) in [5.74, 6) is -0.649. The maximum Gasteiger partial charge on any atom is 0.401 e. The standard InChI is InChI=1S/C9H17F3N2O2/c1-6(4-15)7(2)14-8(16)3-13-5-9(10,11)12/h6-7,13,15H,3-5H2,1-2H3,(H,14,16). The first-order valence-corrected chi connectivity index (χ1v) is 4.94. The summed E-state index contributed by atoms with van der Waals surface area (Å²) in [6.07, 6.45) is -4.32. The van der Waals surface area contributed by atoms with E-state index in [-0.39, 0.29) is 25.1 Å². The molecule has 0 aliphatic heterocycles. The highest BCUT2D eigenvalue weighted by molar-refractivity contribution is 5.78. The first kappa shape index (κ1) is 15.2. The first-order valence-electron chi connectivity index (χ1n) is 4.94. The number of carbonyl (C=O) groups is 1. The lowest BCUT2D eigenvalue weighted by atomic mass is 10.1. The Balaban J connectivity index is 3.75. The van der Waals surface area contributed by atoms with E-state index in [2.05, 4.69) is 5.32 Å². The summed E-state index contributed by atoms with van der Waals surface area (Å²) in [7, 11) is 0. The molecule has 0 spiro atoms. The molecule has 0 bridgehead atoms. The van der Waals surface area contributed by atoms with Crippen LogP contribution < -0.4 is 10.6 Å². The number of aliphatic hydroxyl groups excluding tert-OH is 1. The number of carbonyl (C=O) groups excluding carboxylic acids is 1. The zero-order chi connectivity index (χ0) is 12.8. The molecule has 0 aromatic heterocycles. The fraction of sp³-hybridized carbons (Fsp3) is 0.889. The molecule has 4 nitrogen and oxygen atoms in total. The SMILES string of the molecule is CC(CO)C(C)NC(=O)CNCC(F)(F)F. The molecule has 3 N–H and O–H groups in total. The molecule has 0 saturated carbocycles. The van der Waals surface area contributed by atoms with Crippen LogP contribution in [0.4, 0.5) is 13.2 Å². The molecule has 2 unspecified atom stereocenters. The predicted molar refractivity (Wildman–Crippen MR) is 52.8 cm³/mol. The predicted octanol–water partition coefficient (Wildman–Crippen LogP) is 0.271. The van der Waals surface area contributed by atoms with Crippen molar-refractivity contribution in [2.45, 2.75) is 26.1 Å². The normalized spacial score (nSPS) is 15.6. The summed E-state index contributed by atoms with van der Waals surface area (Å²) in [6, 6.07) is -0.273. The van der Waals surface area contributed by atoms with Gasteiger partial charge in [-0.05, 0) is 12.8 Å². The zero-order valence-electron chi connectivity index (χ0n) is 9.27. The molecule has 0 aromatic rings. The highest BCUT2D eigenvalue weighted by Crippen LogP contribution is 2.11. The third kappa shape index (κ3) is 7.47. The van der Waals surface area contributed by atoms with Crippen LogP contribution in [0, 0.1) is 5.92 Å². The van der Waals surface area contributed by atoms with Gasteiger partial charge in [-0.1, -0.05) is 6.92 Å². The smallest absolute Gasteiger partial charge is 0.396 e. The molecule has 1 amide bonds. The highest BCUT2D eigenvalue weighted by atomic mass is 19.4. The van der Waals surface area contributed by atoms with Crippen molar-refractivity contribution in [1.29, 1.82) is 0 Å². The van der Waals surface area contributed by atoms with Gasteiger partial charge in [-0.2, -0.15) is 13.2 Å². The Morgan fingerprint density at radius 1 is 1.38 bits per heavy atom. The van der Waals surface area contributed by atoms with Crippen LogP contribution in [0.2, 0.25) is 0 Å². The molecule has 96 valence electrons. The molecular formula is C9H17F3N2O2. The number of hydrogen-bond donors (Lipinski definition) is 3. The number of alkyl halides is 3. The molecule has 7 heteroatoms. The van der Waals surface area contributed by atoms with E-state index in [4.69, 9.17) is 5.11 Å². The van der Waals surface area contributed by atoms with E-state index >= 15 is 0 Å². The molecule has 0 fully saturated rings. The Kier molecular flexibility index (Phi) is 6.35. The number of halogens is 3. The molecule has 0 aliphatic rings. The van der Waals surface area contributed by atoms with Gasteiger partial charge in [0.1, 0.15) is 0 Å². The van der Waals surface area contributed by atoms with Gasteiger partial charge in [0, 0.05) is 12.6 Å². The van der Waals surface area contributed by atoms with E-state index in [1.54, 1.807) is 13.8 Å². The Hall–Kier alpha value is -0.820. The fourth-order valence-electron chi connectivity index (χ4n) is 0.923. The van der Waals surface area contributed by atoms with Crippen molar-refractivity contribution in [3.8, 4) is 0 Å². The number of amides is 1. The molecular weight excluding hydrogens is 225 g/mol. The number of aliphatic hydroxyl groups is 1. The Labute approximate surface area is 92.2 Å². The lowest BCUT2D eigenvalue weighted by Gasteiger charge is -2.19. The minimum atomic E-state index is -4.32. The molecule has 16 heavy (non-hydrogen) atoms. The van der Waals surface area contributed by atoms with Crippen LogP contribution in [-0.2, 0) is 4.79 Å². The average Bonchev–Trinajstić information content (AvgIpc) is 2.14. The molecule has 0 heterocycles. The Morgan fingerprint density at radius 3 is 2.38 bits per heavy atom. The second kappa shape index (κ2) is 6.70. The Bertz CT molecular complexity index is 221. The highest BCUT2D eigenvalue weighted by Gasteiger charge is 2.26. The fourth-order valence-corrected chi connectivity index (χ4v) is 0.923. The van der Waals surface area contributed by atoms with E-state index in [9.17, 15) is 18.0 Å². The average molecular weight is 242 g/mol. The molecule has 0 radical (unpaired) electrons. The van der Waals surface area contributed by atoms with Gasteiger partial charge in [-0.3, -0.25) is 4.79 Å². The van der Waals surface area contributed by atoms with Crippen molar-refractivity contribution in [3.05, 3.63) is 0 Å². The summed E-state index contributed by atoms with van der Waals surface area (Å²) in [5, 5.41) is 13.3. The van der Waals surface area contributed by atoms with E-state index in [0.29, 0.717) is 0 Å². The largest absolute Gasteiger partial charge is 0.401 e. The maximum absolute atomic E-state index is 11.7. The van der Waals surface area contributed by atoms with Crippen LogP contribution in [0.15, 0.2) is 0 Å². The lowest BCUT2D eigenvalue weighted by Crippen LogP contribution is -2.44. The number of hydrogen-bond acceptors (Lipinski definition) is 3. The van der Waals surface area contributed by atoms with Gasteiger partial charge in [0.25, 0.3) is 0 Å². The van der Waals surface area contributed by atoms with E-state index in [1.165, 1.54) is 0 Å². The zero-order valence-corrected chi connectivity index (χ0v) is 9.27. The van der Waals surface area contributed by atoms with E-state index < -0.39 is 18.6 Å². The molecule has 0 aromatic carbocycles. The van der Waals surface area contributed by atoms with E-state index in [1.807, 2.05) is 5.32 Å². The minimum absolute atomic E-state index is 0.0859. The lowest BCUT2D eigenvalue weighted by molar-refractivity contribution is -0.128. The van der Waals surface area contributed by atoms with Crippen molar-refractivity contribution < 1.29 is 23.1 Å². The molecule has 2 atom stereocenters. The van der Waals surface area contributed by atoms with Crippen molar-refractivity contribution >= 4 is 5.91 Å². The summed E-state index contributed by atoms with van der Waals surface area (Å²) in [6.45, 7) is 1.75. The van der Waals surface area contributed by atoms with Crippen LogP contribution >= 0.6 is 0 Å². The Morgan fingerprint density at radius 2 is 1.94 bits per heavy atom. The quantitative estimate of drug-likeness (QED) is 0.626. The summed E-state index contributed by atoms with van der Waals surface area (Å²) < 4.78 is 35.2. The van der Waals surface area contributed by atoms with E-state index in [0.717, 1.165) is 0 Å². The van der Waals surface area contributed by atoms with Crippen molar-refractivity contribution in [3.63, 3.8) is 0 Å².